The molecule has 0 saturated heterocycles. The molecule has 5 aliphatic rings. The number of hydrogen-bond acceptors (Lipinski definition) is 4. The molecule has 1 spiro atoms. The highest BCUT2D eigenvalue weighted by Gasteiger charge is 2.63. The van der Waals surface area contributed by atoms with E-state index < -0.39 is 5.79 Å². The van der Waals surface area contributed by atoms with Gasteiger partial charge in [-0.3, -0.25) is 0 Å². The average Bonchev–Trinajstić information content (AvgIpc) is 3.11. The van der Waals surface area contributed by atoms with Crippen molar-refractivity contribution in [3.05, 3.63) is 60.2 Å². The van der Waals surface area contributed by atoms with Crippen LogP contribution in [0.3, 0.4) is 0 Å². The molecular formula is C25H24O4. The fourth-order valence-electron chi connectivity index (χ4n) is 6.18. The van der Waals surface area contributed by atoms with Gasteiger partial charge in [-0.05, 0) is 73.8 Å². The van der Waals surface area contributed by atoms with Crippen molar-refractivity contribution >= 4 is 12.0 Å². The number of ether oxygens (including phenoxy) is 3. The summed E-state index contributed by atoms with van der Waals surface area (Å²) in [6.45, 7) is 3.73. The van der Waals surface area contributed by atoms with Gasteiger partial charge in [-0.15, -0.1) is 0 Å². The number of hydrogen-bond donors (Lipinski definition) is 0. The molecule has 4 saturated carbocycles. The predicted molar refractivity (Wildman–Crippen MR) is 109 cm³/mol. The van der Waals surface area contributed by atoms with Crippen LogP contribution in [0.1, 0.15) is 48.0 Å². The van der Waals surface area contributed by atoms with Crippen LogP contribution in [0.5, 0.6) is 17.2 Å². The molecule has 148 valence electrons. The van der Waals surface area contributed by atoms with Gasteiger partial charge in [0.15, 0.2) is 11.5 Å². The second-order valence-electron chi connectivity index (χ2n) is 9.05. The summed E-state index contributed by atoms with van der Waals surface area (Å²) in [6.07, 6.45) is 7.98. The van der Waals surface area contributed by atoms with Gasteiger partial charge >= 0.3 is 5.97 Å². The number of carbonyl (C=O) groups excluding carboxylic acids is 1. The molecule has 0 amide bonds. The van der Waals surface area contributed by atoms with Crippen molar-refractivity contribution in [3.63, 3.8) is 0 Å². The first-order valence-corrected chi connectivity index (χ1v) is 10.6. The third kappa shape index (κ3) is 2.61. The predicted octanol–water partition coefficient (Wildman–Crippen LogP) is 5.47. The molecule has 1 heterocycles. The molecule has 2 aromatic carbocycles. The van der Waals surface area contributed by atoms with Crippen LogP contribution < -0.4 is 14.2 Å². The zero-order chi connectivity index (χ0) is 19.6. The second-order valence-corrected chi connectivity index (χ2v) is 9.05. The highest BCUT2D eigenvalue weighted by Crippen LogP contribution is 2.62. The van der Waals surface area contributed by atoms with Crippen LogP contribution >= 0.6 is 0 Å². The highest BCUT2D eigenvalue weighted by atomic mass is 16.7. The lowest BCUT2D eigenvalue weighted by Crippen LogP contribution is -2.62. The van der Waals surface area contributed by atoms with Gasteiger partial charge in [0.1, 0.15) is 5.75 Å². The molecule has 4 nitrogen and oxygen atoms in total. The Morgan fingerprint density at radius 3 is 2.24 bits per heavy atom. The van der Waals surface area contributed by atoms with Gasteiger partial charge in [-0.1, -0.05) is 24.8 Å². The van der Waals surface area contributed by atoms with Gasteiger partial charge in [-0.2, -0.15) is 0 Å². The zero-order valence-corrected chi connectivity index (χ0v) is 16.3. The topological polar surface area (TPSA) is 44.8 Å². The standard InChI is InChI=1S/C25H24O4/c1-2-15-3-5-18(6-4-15)24(26)27-21-7-8-22-23(14-21)29-25(28-22)19-10-16-9-17(12-19)13-20(25)11-16/h2-8,14,16-17,19-20H,1,9-13H2. The number of benzene rings is 2. The third-order valence-corrected chi connectivity index (χ3v) is 7.32. The van der Waals surface area contributed by atoms with Crippen molar-refractivity contribution in [3.8, 4) is 17.2 Å². The van der Waals surface area contributed by atoms with E-state index >= 15 is 0 Å². The van der Waals surface area contributed by atoms with E-state index in [1.165, 1.54) is 32.1 Å². The summed E-state index contributed by atoms with van der Waals surface area (Å²) in [7, 11) is 0. The van der Waals surface area contributed by atoms with Crippen LogP contribution in [0.4, 0.5) is 0 Å². The quantitative estimate of drug-likeness (QED) is 0.516. The number of esters is 1. The molecular weight excluding hydrogens is 364 g/mol. The maximum atomic E-state index is 12.5. The molecule has 4 fully saturated rings. The van der Waals surface area contributed by atoms with Crippen molar-refractivity contribution in [2.24, 2.45) is 23.7 Å². The first kappa shape index (κ1) is 17.1. The van der Waals surface area contributed by atoms with Crippen LogP contribution in [-0.4, -0.2) is 11.8 Å². The molecule has 29 heavy (non-hydrogen) atoms. The monoisotopic (exact) mass is 388 g/mol. The zero-order valence-electron chi connectivity index (χ0n) is 16.3. The summed E-state index contributed by atoms with van der Waals surface area (Å²) in [5, 5.41) is 0. The Bertz CT molecular complexity index is 962. The highest BCUT2D eigenvalue weighted by molar-refractivity contribution is 5.91. The van der Waals surface area contributed by atoms with E-state index in [0.29, 0.717) is 28.9 Å². The molecule has 4 heteroatoms. The molecule has 1 aliphatic heterocycles. The van der Waals surface area contributed by atoms with Gasteiger partial charge in [0, 0.05) is 17.9 Å². The van der Waals surface area contributed by atoms with Gasteiger partial charge in [0.2, 0.25) is 0 Å². The van der Waals surface area contributed by atoms with Crippen molar-refractivity contribution in [1.82, 2.24) is 0 Å². The van der Waals surface area contributed by atoms with E-state index in [1.54, 1.807) is 30.3 Å². The van der Waals surface area contributed by atoms with E-state index in [1.807, 2.05) is 18.2 Å². The summed E-state index contributed by atoms with van der Waals surface area (Å²) in [5.74, 6) is 3.71. The molecule has 2 aromatic rings. The average molecular weight is 388 g/mol. The Morgan fingerprint density at radius 1 is 0.931 bits per heavy atom. The molecule has 7 rings (SSSR count). The fourth-order valence-corrected chi connectivity index (χ4v) is 6.18. The Labute approximate surface area is 170 Å². The summed E-state index contributed by atoms with van der Waals surface area (Å²) < 4.78 is 18.6. The van der Waals surface area contributed by atoms with E-state index in [2.05, 4.69) is 6.58 Å². The smallest absolute Gasteiger partial charge is 0.343 e. The summed E-state index contributed by atoms with van der Waals surface area (Å²) in [4.78, 5) is 12.5. The lowest BCUT2D eigenvalue weighted by atomic mass is 9.53. The molecule has 0 radical (unpaired) electrons. The SMILES string of the molecule is C=Cc1ccc(C(=O)Oc2ccc3c(c2)OC2(O3)C3CC4CC(C3)CC2C4)cc1. The minimum absolute atomic E-state index is 0.385. The number of carbonyl (C=O) groups is 1. The van der Waals surface area contributed by atoms with Crippen LogP contribution in [0.2, 0.25) is 0 Å². The fraction of sp³-hybridized carbons (Fsp3) is 0.400. The lowest BCUT2D eigenvalue weighted by Gasteiger charge is -2.57. The van der Waals surface area contributed by atoms with Crippen LogP contribution in [0, 0.1) is 23.7 Å². The maximum absolute atomic E-state index is 12.5. The van der Waals surface area contributed by atoms with E-state index in [0.717, 1.165) is 23.1 Å². The van der Waals surface area contributed by atoms with E-state index in [4.69, 9.17) is 14.2 Å². The second kappa shape index (κ2) is 6.12. The Kier molecular flexibility index (Phi) is 3.62. The van der Waals surface area contributed by atoms with E-state index in [9.17, 15) is 4.79 Å². The van der Waals surface area contributed by atoms with Gasteiger partial charge in [0.05, 0.1) is 5.56 Å². The molecule has 0 N–H and O–H groups in total. The normalized spacial score (nSPS) is 33.1. The summed E-state index contributed by atoms with van der Waals surface area (Å²) >= 11 is 0. The Balaban J connectivity index is 1.22. The third-order valence-electron chi connectivity index (χ3n) is 7.32. The summed E-state index contributed by atoms with van der Waals surface area (Å²) in [6, 6.07) is 12.6. The van der Waals surface area contributed by atoms with E-state index in [-0.39, 0.29) is 5.97 Å². The molecule has 4 aliphatic carbocycles. The Morgan fingerprint density at radius 2 is 1.59 bits per heavy atom. The first-order valence-electron chi connectivity index (χ1n) is 10.6. The van der Waals surface area contributed by atoms with Crippen molar-refractivity contribution in [2.75, 3.05) is 0 Å². The Hall–Kier alpha value is -2.75. The van der Waals surface area contributed by atoms with Gasteiger partial charge < -0.3 is 14.2 Å². The van der Waals surface area contributed by atoms with Crippen molar-refractivity contribution in [2.45, 2.75) is 37.9 Å². The maximum Gasteiger partial charge on any atom is 0.343 e. The minimum atomic E-state index is -0.501. The largest absolute Gasteiger partial charge is 0.448 e. The van der Waals surface area contributed by atoms with Crippen molar-refractivity contribution in [1.29, 1.82) is 0 Å². The van der Waals surface area contributed by atoms with Crippen LogP contribution in [0.15, 0.2) is 49.0 Å². The number of rotatable bonds is 3. The van der Waals surface area contributed by atoms with Gasteiger partial charge in [0.25, 0.3) is 5.79 Å². The first-order chi connectivity index (χ1) is 14.1. The van der Waals surface area contributed by atoms with Crippen molar-refractivity contribution < 1.29 is 19.0 Å². The molecule has 0 aromatic heterocycles. The molecule has 0 unspecified atom stereocenters. The van der Waals surface area contributed by atoms with Crippen LogP contribution in [0.25, 0.3) is 6.08 Å². The van der Waals surface area contributed by atoms with Gasteiger partial charge in [-0.25, -0.2) is 4.79 Å². The molecule has 4 bridgehead atoms. The van der Waals surface area contributed by atoms with Crippen LogP contribution in [-0.2, 0) is 0 Å². The number of fused-ring (bicyclic) bond motifs is 1. The molecule has 0 atom stereocenters. The lowest BCUT2D eigenvalue weighted by molar-refractivity contribution is -0.241. The minimum Gasteiger partial charge on any atom is -0.448 e. The summed E-state index contributed by atoms with van der Waals surface area (Å²) in [5.41, 5.74) is 1.47.